The summed E-state index contributed by atoms with van der Waals surface area (Å²) in [7, 11) is 3.29. The molecule has 10 heteroatoms. The number of carbonyl (C=O) groups is 2. The zero-order chi connectivity index (χ0) is 31.4. The van der Waals surface area contributed by atoms with Gasteiger partial charge in [-0.3, -0.25) is 14.0 Å². The number of methoxy groups -OCH3 is 2. The van der Waals surface area contributed by atoms with Gasteiger partial charge in [-0.15, -0.1) is 0 Å². The number of aliphatic hydroxyl groups is 1. The Kier molecular flexibility index (Phi) is 14.9. The topological polar surface area (TPSA) is 123 Å². The van der Waals surface area contributed by atoms with Gasteiger partial charge >= 0.3 is 0 Å². The highest BCUT2D eigenvalue weighted by Crippen LogP contribution is 2.40. The second kappa shape index (κ2) is 17.3. The van der Waals surface area contributed by atoms with Crippen molar-refractivity contribution in [2.24, 2.45) is 28.9 Å². The Morgan fingerprint density at radius 1 is 1.14 bits per heavy atom. The van der Waals surface area contributed by atoms with Gasteiger partial charge in [-0.05, 0) is 74.0 Å². The number of rotatable bonds is 17. The lowest BCUT2D eigenvalue weighted by atomic mass is 9.69. The number of ether oxygens (including phenoxy) is 3. The van der Waals surface area contributed by atoms with E-state index in [2.05, 4.69) is 19.2 Å². The monoisotopic (exact) mass is 611 g/mol. The van der Waals surface area contributed by atoms with Gasteiger partial charge in [0, 0.05) is 56.3 Å². The second-order valence-corrected chi connectivity index (χ2v) is 13.1. The molecule has 0 spiro atoms. The van der Waals surface area contributed by atoms with Crippen LogP contribution in [-0.4, -0.2) is 73.5 Å². The van der Waals surface area contributed by atoms with Crippen molar-refractivity contribution < 1.29 is 28.9 Å². The molecule has 1 aliphatic rings. The number of nitrogens with zero attached hydrogens (tertiary/aromatic N) is 1. The Morgan fingerprint density at radius 3 is 2.38 bits per heavy atom. The van der Waals surface area contributed by atoms with Crippen LogP contribution < -0.4 is 20.5 Å². The van der Waals surface area contributed by atoms with Crippen molar-refractivity contribution in [3.8, 4) is 11.5 Å². The number of aliphatic hydroxyl groups excluding tert-OH is 1. The zero-order valence-corrected chi connectivity index (χ0v) is 27.4. The lowest BCUT2D eigenvalue weighted by molar-refractivity contribution is -0.140. The van der Waals surface area contributed by atoms with Gasteiger partial charge in [-0.1, -0.05) is 33.8 Å². The molecule has 1 aliphatic carbocycles. The molecule has 1 saturated carbocycles. The first-order valence-corrected chi connectivity index (χ1v) is 15.6. The number of nitrogens with one attached hydrogen (secondary N) is 1. The van der Waals surface area contributed by atoms with Crippen molar-refractivity contribution in [1.82, 2.24) is 9.74 Å². The quantitative estimate of drug-likeness (QED) is 0.172. The van der Waals surface area contributed by atoms with E-state index in [0.717, 1.165) is 48.5 Å². The molecule has 42 heavy (non-hydrogen) atoms. The van der Waals surface area contributed by atoms with E-state index >= 15 is 0 Å². The highest BCUT2D eigenvalue weighted by molar-refractivity contribution is 6.22. The standard InChI is InChI=1S/C32H54ClN3O6/c1-21(2)24(17-23-9-14-29(41-7)30(18-23)42-16-8-15-40-6)19-27(34)28(38)20-36(33)31(39)32(4,5)25-10-12-26(13-11-25)35-22(3)37/h9,14,18,21,24-28,38H,8,10-13,15-17,19-20,34H2,1-7H3,(H,35,37)/t24-,25?,26?,27-,28-/m0/s1. The number of amides is 2. The number of benzene rings is 1. The molecule has 4 N–H and O–H groups in total. The molecule has 0 aromatic heterocycles. The van der Waals surface area contributed by atoms with Gasteiger partial charge < -0.3 is 30.4 Å². The molecule has 3 atom stereocenters. The van der Waals surface area contributed by atoms with Gasteiger partial charge in [-0.2, -0.15) is 0 Å². The molecule has 0 radical (unpaired) electrons. The van der Waals surface area contributed by atoms with Crippen molar-refractivity contribution >= 4 is 23.6 Å². The molecular formula is C32H54ClN3O6. The first kappa shape index (κ1) is 36.1. The summed E-state index contributed by atoms with van der Waals surface area (Å²) in [6.07, 6.45) is 4.48. The summed E-state index contributed by atoms with van der Waals surface area (Å²) in [4.78, 5) is 24.8. The van der Waals surface area contributed by atoms with Crippen LogP contribution in [0.3, 0.4) is 0 Å². The fraction of sp³-hybridized carbons (Fsp3) is 0.750. The van der Waals surface area contributed by atoms with E-state index in [4.69, 9.17) is 31.7 Å². The van der Waals surface area contributed by atoms with Crippen LogP contribution in [0, 0.1) is 23.2 Å². The molecule has 240 valence electrons. The van der Waals surface area contributed by atoms with Crippen LogP contribution in [-0.2, 0) is 20.7 Å². The Balaban J connectivity index is 1.97. The average Bonchev–Trinajstić information content (AvgIpc) is 2.94. The normalized spacial score (nSPS) is 19.6. The first-order chi connectivity index (χ1) is 19.8. The van der Waals surface area contributed by atoms with Crippen LogP contribution in [0.5, 0.6) is 11.5 Å². The number of nitrogens with two attached hydrogens (primary N) is 1. The molecule has 9 nitrogen and oxygen atoms in total. The molecule has 2 rings (SSSR count). The van der Waals surface area contributed by atoms with Crippen LogP contribution in [0.1, 0.15) is 78.7 Å². The van der Waals surface area contributed by atoms with Crippen molar-refractivity contribution in [3.05, 3.63) is 23.8 Å². The summed E-state index contributed by atoms with van der Waals surface area (Å²) >= 11 is 6.49. The maximum absolute atomic E-state index is 13.4. The molecule has 0 heterocycles. The van der Waals surface area contributed by atoms with E-state index < -0.39 is 17.6 Å². The summed E-state index contributed by atoms with van der Waals surface area (Å²) in [5.41, 5.74) is 6.91. The molecule has 1 aromatic carbocycles. The van der Waals surface area contributed by atoms with Gasteiger partial charge in [0.25, 0.3) is 0 Å². The predicted octanol–water partition coefficient (Wildman–Crippen LogP) is 4.71. The molecule has 1 aromatic rings. The minimum absolute atomic E-state index is 0.0257. The number of carbonyl (C=O) groups excluding carboxylic acids is 2. The first-order valence-electron chi connectivity index (χ1n) is 15.3. The Labute approximate surface area is 257 Å². The van der Waals surface area contributed by atoms with Gasteiger partial charge in [0.1, 0.15) is 0 Å². The van der Waals surface area contributed by atoms with Crippen molar-refractivity contribution in [3.63, 3.8) is 0 Å². The van der Waals surface area contributed by atoms with E-state index in [0.29, 0.717) is 37.1 Å². The third-order valence-corrected chi connectivity index (χ3v) is 9.05. The summed E-state index contributed by atoms with van der Waals surface area (Å²) in [5, 5.41) is 14.0. The largest absolute Gasteiger partial charge is 0.493 e. The molecule has 2 amide bonds. The lowest BCUT2D eigenvalue weighted by Crippen LogP contribution is -2.49. The van der Waals surface area contributed by atoms with Crippen LogP contribution in [0.25, 0.3) is 0 Å². The Hall–Kier alpha value is -2.07. The minimum Gasteiger partial charge on any atom is -0.493 e. The number of hydrogen-bond acceptors (Lipinski definition) is 7. The predicted molar refractivity (Wildman–Crippen MR) is 167 cm³/mol. The highest BCUT2D eigenvalue weighted by Gasteiger charge is 2.41. The van der Waals surface area contributed by atoms with Gasteiger partial charge in [0.05, 0.1) is 26.4 Å². The lowest BCUT2D eigenvalue weighted by Gasteiger charge is -2.40. The SMILES string of the molecule is COCCCOc1cc(C[C@@H](C[C@H](N)[C@@H](O)CN(Cl)C(=O)C(C)(C)C2CCC(NC(C)=O)CC2)C(C)C)ccc1OC. The van der Waals surface area contributed by atoms with Crippen LogP contribution in [0.2, 0.25) is 0 Å². The van der Waals surface area contributed by atoms with E-state index in [1.165, 1.54) is 6.92 Å². The maximum atomic E-state index is 13.4. The number of halogens is 1. The van der Waals surface area contributed by atoms with Crippen molar-refractivity contribution in [2.45, 2.75) is 97.8 Å². The Bertz CT molecular complexity index is 983. The van der Waals surface area contributed by atoms with Gasteiger partial charge in [-0.25, -0.2) is 0 Å². The molecule has 1 fully saturated rings. The zero-order valence-electron chi connectivity index (χ0n) is 26.7. The fourth-order valence-electron chi connectivity index (χ4n) is 5.86. The van der Waals surface area contributed by atoms with Crippen LogP contribution in [0.4, 0.5) is 0 Å². The summed E-state index contributed by atoms with van der Waals surface area (Å²) < 4.78 is 17.6. The number of hydrogen-bond donors (Lipinski definition) is 3. The second-order valence-electron chi connectivity index (χ2n) is 12.7. The molecule has 0 saturated heterocycles. The van der Waals surface area contributed by atoms with E-state index in [1.807, 2.05) is 32.0 Å². The summed E-state index contributed by atoms with van der Waals surface area (Å²) in [6, 6.07) is 5.56. The average molecular weight is 612 g/mol. The minimum atomic E-state index is -0.963. The smallest absolute Gasteiger partial charge is 0.242 e. The summed E-state index contributed by atoms with van der Waals surface area (Å²) in [6.45, 7) is 10.8. The molecule has 0 aliphatic heterocycles. The van der Waals surface area contributed by atoms with Gasteiger partial charge in [0.15, 0.2) is 11.5 Å². The third-order valence-electron chi connectivity index (χ3n) is 8.76. The molecule has 0 bridgehead atoms. The van der Waals surface area contributed by atoms with Crippen molar-refractivity contribution in [2.75, 3.05) is 34.0 Å². The van der Waals surface area contributed by atoms with Crippen LogP contribution in [0.15, 0.2) is 18.2 Å². The van der Waals surface area contributed by atoms with Gasteiger partial charge in [0.2, 0.25) is 11.8 Å². The van der Waals surface area contributed by atoms with Crippen LogP contribution >= 0.6 is 11.8 Å². The van der Waals surface area contributed by atoms with Crippen molar-refractivity contribution in [1.29, 1.82) is 0 Å². The summed E-state index contributed by atoms with van der Waals surface area (Å²) in [5.74, 6) is 1.79. The fourth-order valence-corrected chi connectivity index (χ4v) is 6.22. The maximum Gasteiger partial charge on any atom is 0.242 e. The van der Waals surface area contributed by atoms with E-state index in [-0.39, 0.29) is 36.2 Å². The molecular weight excluding hydrogens is 558 g/mol. The highest BCUT2D eigenvalue weighted by atomic mass is 35.5. The third kappa shape index (κ3) is 10.9. The van der Waals surface area contributed by atoms with E-state index in [1.54, 1.807) is 14.2 Å². The molecule has 0 unspecified atom stereocenters. The Morgan fingerprint density at radius 2 is 1.81 bits per heavy atom. The van der Waals surface area contributed by atoms with E-state index in [9.17, 15) is 14.7 Å².